The van der Waals surface area contributed by atoms with Gasteiger partial charge in [-0.15, -0.1) is 0 Å². The second-order valence-electron chi connectivity index (χ2n) is 6.92. The number of aromatic nitrogens is 2. The molecule has 0 aliphatic heterocycles. The number of hydrogen-bond donors (Lipinski definition) is 0. The van der Waals surface area contributed by atoms with Crippen LogP contribution in [0.2, 0.25) is 0 Å². The molecule has 0 aliphatic rings. The summed E-state index contributed by atoms with van der Waals surface area (Å²) in [5.41, 5.74) is 1.07. The molecule has 0 atom stereocenters. The summed E-state index contributed by atoms with van der Waals surface area (Å²) in [5.74, 6) is 0.825. The highest BCUT2D eigenvalue weighted by Crippen LogP contribution is 2.25. The lowest BCUT2D eigenvalue weighted by atomic mass is 10.0. The van der Waals surface area contributed by atoms with Crippen LogP contribution in [-0.4, -0.2) is 26.5 Å². The van der Waals surface area contributed by atoms with Crippen molar-refractivity contribution in [3.63, 3.8) is 0 Å². The fourth-order valence-electron chi connectivity index (χ4n) is 2.55. The molecule has 0 bridgehead atoms. The van der Waals surface area contributed by atoms with Crippen molar-refractivity contribution >= 4 is 21.8 Å². The van der Waals surface area contributed by atoms with Crippen molar-refractivity contribution in [3.05, 3.63) is 70.5 Å². The molecule has 3 aromatic rings. The van der Waals surface area contributed by atoms with E-state index < -0.39 is 5.54 Å². The lowest BCUT2D eigenvalue weighted by Gasteiger charge is -2.34. The summed E-state index contributed by atoms with van der Waals surface area (Å²) in [6.45, 7) is 6.19. The van der Waals surface area contributed by atoms with Crippen LogP contribution < -0.4 is 0 Å². The van der Waals surface area contributed by atoms with Gasteiger partial charge in [0.05, 0.1) is 5.56 Å². The van der Waals surface area contributed by atoms with Crippen molar-refractivity contribution < 1.29 is 9.32 Å². The van der Waals surface area contributed by atoms with Crippen LogP contribution in [0.1, 0.15) is 37.0 Å². The fourth-order valence-corrected chi connectivity index (χ4v) is 3.01. The Hall–Kier alpha value is -2.47. The average molecular weight is 414 g/mol. The van der Waals surface area contributed by atoms with E-state index in [1.807, 2.05) is 69.3 Å². The molecule has 5 nitrogen and oxygen atoms in total. The standard InChI is InChI=1S/C20H20BrN3O2/c1-20(2,3)24(19(25)15-11-7-8-12-16(15)21)13-17-22-18(23-26-17)14-9-5-4-6-10-14/h4-12H,13H2,1-3H3. The average Bonchev–Trinajstić information content (AvgIpc) is 3.08. The molecule has 1 aromatic heterocycles. The van der Waals surface area contributed by atoms with E-state index in [-0.39, 0.29) is 12.5 Å². The van der Waals surface area contributed by atoms with Crippen LogP contribution in [0.4, 0.5) is 0 Å². The molecular formula is C20H20BrN3O2. The topological polar surface area (TPSA) is 59.2 Å². The number of hydrogen-bond acceptors (Lipinski definition) is 4. The van der Waals surface area contributed by atoms with Crippen molar-refractivity contribution in [2.75, 3.05) is 0 Å². The van der Waals surface area contributed by atoms with Gasteiger partial charge in [0.15, 0.2) is 0 Å². The normalized spacial score (nSPS) is 11.4. The number of nitrogens with zero attached hydrogens (tertiary/aromatic N) is 3. The summed E-state index contributed by atoms with van der Waals surface area (Å²) in [7, 11) is 0. The molecule has 2 aromatic carbocycles. The molecule has 0 aliphatic carbocycles. The maximum Gasteiger partial charge on any atom is 0.255 e. The summed E-state index contributed by atoms with van der Waals surface area (Å²) in [5, 5.41) is 4.04. The van der Waals surface area contributed by atoms with Crippen LogP contribution in [0.25, 0.3) is 11.4 Å². The summed E-state index contributed by atoms with van der Waals surface area (Å²) < 4.78 is 6.15. The van der Waals surface area contributed by atoms with E-state index in [1.54, 1.807) is 11.0 Å². The first-order chi connectivity index (χ1) is 12.4. The van der Waals surface area contributed by atoms with Gasteiger partial charge in [0, 0.05) is 15.6 Å². The van der Waals surface area contributed by atoms with E-state index in [0.717, 1.165) is 10.0 Å². The molecule has 0 spiro atoms. The fraction of sp³-hybridized carbons (Fsp3) is 0.250. The van der Waals surface area contributed by atoms with Gasteiger partial charge in [-0.05, 0) is 48.8 Å². The summed E-state index contributed by atoms with van der Waals surface area (Å²) >= 11 is 3.45. The zero-order chi connectivity index (χ0) is 18.7. The number of carbonyl (C=O) groups excluding carboxylic acids is 1. The van der Waals surface area contributed by atoms with E-state index >= 15 is 0 Å². The van der Waals surface area contributed by atoms with Crippen LogP contribution >= 0.6 is 15.9 Å². The zero-order valence-corrected chi connectivity index (χ0v) is 16.5. The van der Waals surface area contributed by atoms with Crippen LogP contribution in [0.3, 0.4) is 0 Å². The molecule has 26 heavy (non-hydrogen) atoms. The van der Waals surface area contributed by atoms with E-state index in [0.29, 0.717) is 17.3 Å². The minimum absolute atomic E-state index is 0.0931. The molecule has 0 unspecified atom stereocenters. The van der Waals surface area contributed by atoms with Crippen LogP contribution in [-0.2, 0) is 6.54 Å². The Kier molecular flexibility index (Phi) is 5.23. The van der Waals surface area contributed by atoms with Crippen molar-refractivity contribution in [2.24, 2.45) is 0 Å². The van der Waals surface area contributed by atoms with Crippen LogP contribution in [0.5, 0.6) is 0 Å². The van der Waals surface area contributed by atoms with E-state index in [2.05, 4.69) is 26.1 Å². The molecule has 6 heteroatoms. The Morgan fingerprint density at radius 1 is 1.08 bits per heavy atom. The highest BCUT2D eigenvalue weighted by Gasteiger charge is 2.30. The van der Waals surface area contributed by atoms with Gasteiger partial charge in [0.1, 0.15) is 6.54 Å². The number of benzene rings is 2. The van der Waals surface area contributed by atoms with Crippen molar-refractivity contribution in [1.29, 1.82) is 0 Å². The summed E-state index contributed by atoms with van der Waals surface area (Å²) in [6, 6.07) is 17.0. The van der Waals surface area contributed by atoms with Gasteiger partial charge < -0.3 is 9.42 Å². The Bertz CT molecular complexity index is 901. The third kappa shape index (κ3) is 4.02. The predicted molar refractivity (Wildman–Crippen MR) is 104 cm³/mol. The highest BCUT2D eigenvalue weighted by molar-refractivity contribution is 9.10. The maximum absolute atomic E-state index is 13.1. The molecule has 0 N–H and O–H groups in total. The van der Waals surface area contributed by atoms with E-state index in [4.69, 9.17) is 4.52 Å². The van der Waals surface area contributed by atoms with Gasteiger partial charge in [-0.1, -0.05) is 47.6 Å². The maximum atomic E-state index is 13.1. The van der Waals surface area contributed by atoms with Crippen molar-refractivity contribution in [1.82, 2.24) is 15.0 Å². The predicted octanol–water partition coefficient (Wildman–Crippen LogP) is 4.94. The largest absolute Gasteiger partial charge is 0.337 e. The summed E-state index contributed by atoms with van der Waals surface area (Å²) in [6.07, 6.45) is 0. The first-order valence-electron chi connectivity index (χ1n) is 8.31. The first kappa shape index (κ1) is 18.3. The van der Waals surface area contributed by atoms with Gasteiger partial charge in [0.25, 0.3) is 5.91 Å². The van der Waals surface area contributed by atoms with Gasteiger partial charge in [0.2, 0.25) is 11.7 Å². The molecule has 0 saturated heterocycles. The lowest BCUT2D eigenvalue weighted by Crippen LogP contribution is -2.45. The smallest absolute Gasteiger partial charge is 0.255 e. The molecule has 3 rings (SSSR count). The number of rotatable bonds is 4. The number of carbonyl (C=O) groups is 1. The second-order valence-corrected chi connectivity index (χ2v) is 7.77. The summed E-state index contributed by atoms with van der Waals surface area (Å²) in [4.78, 5) is 19.3. The zero-order valence-electron chi connectivity index (χ0n) is 14.9. The Morgan fingerprint density at radius 2 is 1.73 bits per heavy atom. The van der Waals surface area contributed by atoms with Gasteiger partial charge in [-0.2, -0.15) is 4.98 Å². The van der Waals surface area contributed by atoms with E-state index in [9.17, 15) is 4.79 Å². The first-order valence-corrected chi connectivity index (χ1v) is 9.10. The minimum atomic E-state index is -0.409. The molecule has 0 fully saturated rings. The monoisotopic (exact) mass is 413 g/mol. The number of amides is 1. The van der Waals surface area contributed by atoms with Crippen LogP contribution in [0.15, 0.2) is 63.6 Å². The van der Waals surface area contributed by atoms with Crippen LogP contribution in [0, 0.1) is 0 Å². The van der Waals surface area contributed by atoms with Gasteiger partial charge in [-0.3, -0.25) is 4.79 Å². The van der Waals surface area contributed by atoms with Gasteiger partial charge >= 0.3 is 0 Å². The quantitative estimate of drug-likeness (QED) is 0.607. The highest BCUT2D eigenvalue weighted by atomic mass is 79.9. The third-order valence-corrected chi connectivity index (χ3v) is 4.64. The minimum Gasteiger partial charge on any atom is -0.337 e. The SMILES string of the molecule is CC(C)(C)N(Cc1nc(-c2ccccc2)no1)C(=O)c1ccccc1Br. The Balaban J connectivity index is 1.88. The second kappa shape index (κ2) is 7.41. The molecule has 0 saturated carbocycles. The molecule has 0 radical (unpaired) electrons. The third-order valence-electron chi connectivity index (χ3n) is 3.95. The molecule has 1 amide bonds. The van der Waals surface area contributed by atoms with Gasteiger partial charge in [-0.25, -0.2) is 0 Å². The lowest BCUT2D eigenvalue weighted by molar-refractivity contribution is 0.0525. The Labute approximate surface area is 161 Å². The molecule has 134 valence electrons. The number of halogens is 1. The molecule has 1 heterocycles. The van der Waals surface area contributed by atoms with Crippen molar-refractivity contribution in [3.8, 4) is 11.4 Å². The van der Waals surface area contributed by atoms with E-state index in [1.165, 1.54) is 0 Å². The molecular weight excluding hydrogens is 394 g/mol. The Morgan fingerprint density at radius 3 is 2.38 bits per heavy atom. The van der Waals surface area contributed by atoms with Crippen molar-refractivity contribution in [2.45, 2.75) is 32.9 Å².